The molecule has 0 aliphatic carbocycles. The van der Waals surface area contributed by atoms with Gasteiger partial charge in [0.05, 0.1) is 19.0 Å². The van der Waals surface area contributed by atoms with E-state index in [1.54, 1.807) is 36.4 Å². The predicted octanol–water partition coefficient (Wildman–Crippen LogP) is 3.77. The second kappa shape index (κ2) is 10.4. The van der Waals surface area contributed by atoms with Crippen LogP contribution in [0.3, 0.4) is 0 Å². The third-order valence-corrected chi connectivity index (χ3v) is 3.91. The number of furan rings is 1. The molecule has 7 nitrogen and oxygen atoms in total. The molecule has 3 aromatic rings. The number of anilines is 1. The zero-order valence-electron chi connectivity index (χ0n) is 16.4. The summed E-state index contributed by atoms with van der Waals surface area (Å²) in [4.78, 5) is 23.8. The molecule has 0 fully saturated rings. The molecular formula is C23H21N3O4. The topological polar surface area (TPSA) is 92.9 Å². The largest absolute Gasteiger partial charge is 0.465 e. The van der Waals surface area contributed by atoms with Gasteiger partial charge in [0.1, 0.15) is 11.5 Å². The number of hydrogen-bond acceptors (Lipinski definition) is 6. The third-order valence-electron chi connectivity index (χ3n) is 3.91. The van der Waals surface area contributed by atoms with Crippen LogP contribution >= 0.6 is 0 Å². The Labute approximate surface area is 174 Å². The SMILES string of the molecule is Cc1ccc(NCC(=O)N/N=C/c2cccc(OC(=O)/C=C/c3ccco3)c2)cc1. The van der Waals surface area contributed by atoms with E-state index in [2.05, 4.69) is 15.8 Å². The Morgan fingerprint density at radius 3 is 2.70 bits per heavy atom. The summed E-state index contributed by atoms with van der Waals surface area (Å²) in [6, 6.07) is 18.0. The van der Waals surface area contributed by atoms with Crippen LogP contribution in [-0.2, 0) is 9.59 Å². The van der Waals surface area contributed by atoms with E-state index in [-0.39, 0.29) is 12.5 Å². The lowest BCUT2D eigenvalue weighted by Gasteiger charge is -2.05. The van der Waals surface area contributed by atoms with Gasteiger partial charge >= 0.3 is 5.97 Å². The van der Waals surface area contributed by atoms with Gasteiger partial charge in [-0.05, 0) is 55.0 Å². The van der Waals surface area contributed by atoms with Crippen molar-refractivity contribution in [2.45, 2.75) is 6.92 Å². The van der Waals surface area contributed by atoms with E-state index in [4.69, 9.17) is 9.15 Å². The van der Waals surface area contributed by atoms with Gasteiger partial charge in [0, 0.05) is 11.8 Å². The summed E-state index contributed by atoms with van der Waals surface area (Å²) < 4.78 is 10.4. The Kier molecular flexibility index (Phi) is 7.16. The molecule has 2 N–H and O–H groups in total. The van der Waals surface area contributed by atoms with Gasteiger partial charge in [0.15, 0.2) is 0 Å². The average molecular weight is 403 g/mol. The lowest BCUT2D eigenvalue weighted by atomic mass is 10.2. The molecule has 0 bridgehead atoms. The monoisotopic (exact) mass is 403 g/mol. The normalized spacial score (nSPS) is 11.0. The number of amides is 1. The summed E-state index contributed by atoms with van der Waals surface area (Å²) in [5.41, 5.74) is 5.12. The van der Waals surface area contributed by atoms with Crippen molar-refractivity contribution in [3.8, 4) is 5.75 Å². The van der Waals surface area contributed by atoms with Crippen molar-refractivity contribution in [2.75, 3.05) is 11.9 Å². The first-order valence-electron chi connectivity index (χ1n) is 9.24. The van der Waals surface area contributed by atoms with Gasteiger partial charge in [-0.2, -0.15) is 5.10 Å². The number of nitrogens with zero attached hydrogens (tertiary/aromatic N) is 1. The first-order valence-corrected chi connectivity index (χ1v) is 9.24. The van der Waals surface area contributed by atoms with Crippen molar-refractivity contribution in [2.24, 2.45) is 5.10 Å². The van der Waals surface area contributed by atoms with Gasteiger partial charge in [-0.25, -0.2) is 10.2 Å². The maximum Gasteiger partial charge on any atom is 0.336 e. The highest BCUT2D eigenvalue weighted by molar-refractivity contribution is 5.89. The van der Waals surface area contributed by atoms with Crippen LogP contribution in [0.5, 0.6) is 5.75 Å². The smallest absolute Gasteiger partial charge is 0.336 e. The highest BCUT2D eigenvalue weighted by Gasteiger charge is 2.03. The third kappa shape index (κ3) is 6.79. The van der Waals surface area contributed by atoms with E-state index in [1.165, 1.54) is 24.6 Å². The minimum atomic E-state index is -0.532. The molecular weight excluding hydrogens is 382 g/mol. The summed E-state index contributed by atoms with van der Waals surface area (Å²) >= 11 is 0. The molecule has 0 atom stereocenters. The van der Waals surface area contributed by atoms with Crippen LogP contribution in [0.25, 0.3) is 6.08 Å². The molecule has 1 heterocycles. The van der Waals surface area contributed by atoms with E-state index in [0.717, 1.165) is 11.3 Å². The van der Waals surface area contributed by atoms with E-state index >= 15 is 0 Å². The standard InChI is InChI=1S/C23H21N3O4/c1-17-7-9-19(10-8-17)24-16-22(27)26-25-15-18-4-2-5-21(14-18)30-23(28)12-11-20-6-3-13-29-20/h2-15,24H,16H2,1H3,(H,26,27)/b12-11+,25-15+. The Bertz CT molecular complexity index is 1040. The molecule has 0 unspecified atom stereocenters. The van der Waals surface area contributed by atoms with E-state index < -0.39 is 5.97 Å². The molecule has 1 aromatic heterocycles. The molecule has 0 spiro atoms. The van der Waals surface area contributed by atoms with Crippen LogP contribution in [0.2, 0.25) is 0 Å². The summed E-state index contributed by atoms with van der Waals surface area (Å²) in [5.74, 6) is 0.106. The molecule has 0 radical (unpaired) electrons. The summed E-state index contributed by atoms with van der Waals surface area (Å²) in [7, 11) is 0. The number of nitrogens with one attached hydrogen (secondary N) is 2. The Hall–Kier alpha value is -4.13. The van der Waals surface area contributed by atoms with Crippen molar-refractivity contribution in [3.05, 3.63) is 89.9 Å². The van der Waals surface area contributed by atoms with Gasteiger partial charge in [-0.3, -0.25) is 4.79 Å². The van der Waals surface area contributed by atoms with Crippen LogP contribution in [0.15, 0.2) is 82.5 Å². The molecule has 2 aromatic carbocycles. The number of carbonyl (C=O) groups excluding carboxylic acids is 2. The van der Waals surface area contributed by atoms with Crippen molar-refractivity contribution in [3.63, 3.8) is 0 Å². The molecule has 0 aliphatic heterocycles. The van der Waals surface area contributed by atoms with Crippen LogP contribution in [-0.4, -0.2) is 24.6 Å². The van der Waals surface area contributed by atoms with Crippen molar-refractivity contribution < 1.29 is 18.7 Å². The number of benzene rings is 2. The Morgan fingerprint density at radius 1 is 1.10 bits per heavy atom. The van der Waals surface area contributed by atoms with Gasteiger partial charge in [0.2, 0.25) is 0 Å². The van der Waals surface area contributed by atoms with Crippen molar-refractivity contribution >= 4 is 29.9 Å². The van der Waals surface area contributed by atoms with E-state index in [1.807, 2.05) is 31.2 Å². The van der Waals surface area contributed by atoms with E-state index in [9.17, 15) is 9.59 Å². The quantitative estimate of drug-likeness (QED) is 0.196. The highest BCUT2D eigenvalue weighted by Crippen LogP contribution is 2.13. The maximum atomic E-state index is 11.9. The zero-order chi connectivity index (χ0) is 21.2. The Balaban J connectivity index is 1.46. The van der Waals surface area contributed by atoms with Gasteiger partial charge in [0.25, 0.3) is 5.91 Å². The zero-order valence-corrected chi connectivity index (χ0v) is 16.4. The maximum absolute atomic E-state index is 11.9. The average Bonchev–Trinajstić information content (AvgIpc) is 3.26. The molecule has 0 saturated carbocycles. The summed E-state index contributed by atoms with van der Waals surface area (Å²) in [6.45, 7) is 2.10. The predicted molar refractivity (Wildman–Crippen MR) is 115 cm³/mol. The molecule has 152 valence electrons. The first kappa shape index (κ1) is 20.6. The molecule has 0 saturated heterocycles. The lowest BCUT2D eigenvalue weighted by molar-refractivity contribution is -0.129. The fourth-order valence-corrected chi connectivity index (χ4v) is 2.42. The lowest BCUT2D eigenvalue weighted by Crippen LogP contribution is -2.25. The number of rotatable bonds is 8. The fraction of sp³-hybridized carbons (Fsp3) is 0.0870. The van der Waals surface area contributed by atoms with Crippen LogP contribution < -0.4 is 15.5 Å². The van der Waals surface area contributed by atoms with Gasteiger partial charge < -0.3 is 14.5 Å². The minimum Gasteiger partial charge on any atom is -0.465 e. The summed E-state index contributed by atoms with van der Waals surface area (Å²) in [5, 5.41) is 6.94. The minimum absolute atomic E-state index is 0.0973. The number of carbonyl (C=O) groups is 2. The molecule has 1 amide bonds. The number of aryl methyl sites for hydroxylation is 1. The number of esters is 1. The van der Waals surface area contributed by atoms with Crippen LogP contribution in [0.4, 0.5) is 5.69 Å². The van der Waals surface area contributed by atoms with Crippen molar-refractivity contribution in [1.29, 1.82) is 0 Å². The summed E-state index contributed by atoms with van der Waals surface area (Å²) in [6.07, 6.45) is 5.79. The molecule has 0 aliphatic rings. The van der Waals surface area contributed by atoms with Crippen LogP contribution in [0.1, 0.15) is 16.9 Å². The highest BCUT2D eigenvalue weighted by atomic mass is 16.5. The van der Waals surface area contributed by atoms with Gasteiger partial charge in [-0.15, -0.1) is 0 Å². The second-order valence-corrected chi connectivity index (χ2v) is 6.36. The molecule has 30 heavy (non-hydrogen) atoms. The van der Waals surface area contributed by atoms with Crippen LogP contribution in [0, 0.1) is 6.92 Å². The number of hydrazone groups is 1. The first-order chi connectivity index (χ1) is 14.6. The number of hydrogen-bond donors (Lipinski definition) is 2. The second-order valence-electron chi connectivity index (χ2n) is 6.36. The molecule has 7 heteroatoms. The number of ether oxygens (including phenoxy) is 1. The van der Waals surface area contributed by atoms with E-state index in [0.29, 0.717) is 17.1 Å². The Morgan fingerprint density at radius 2 is 1.93 bits per heavy atom. The fourth-order valence-electron chi connectivity index (χ4n) is 2.42. The van der Waals surface area contributed by atoms with Gasteiger partial charge in [-0.1, -0.05) is 29.8 Å². The molecule has 3 rings (SSSR count). The van der Waals surface area contributed by atoms with Crippen molar-refractivity contribution in [1.82, 2.24) is 5.43 Å².